The average molecular weight is 426 g/mol. The van der Waals surface area contributed by atoms with Gasteiger partial charge < -0.3 is 14.5 Å². The number of rotatable bonds is 6. The molecule has 1 aromatic heterocycles. The molecule has 4 rings (SSSR count). The van der Waals surface area contributed by atoms with Crippen LogP contribution in [-0.4, -0.2) is 13.0 Å². The molecule has 0 saturated carbocycles. The largest absolute Gasteiger partial charge is 0.496 e. The number of carbonyl (C=O) groups excluding carboxylic acids is 1. The van der Waals surface area contributed by atoms with E-state index >= 15 is 0 Å². The number of aryl methyl sites for hydroxylation is 2. The Bertz CT molecular complexity index is 1300. The van der Waals surface area contributed by atoms with Gasteiger partial charge >= 0.3 is 0 Å². The Labute approximate surface area is 188 Å². The zero-order valence-corrected chi connectivity index (χ0v) is 18.9. The van der Waals surface area contributed by atoms with Gasteiger partial charge in [0.25, 0.3) is 0 Å². The van der Waals surface area contributed by atoms with Crippen LogP contribution in [0.3, 0.4) is 0 Å². The quantitative estimate of drug-likeness (QED) is 0.361. The van der Waals surface area contributed by atoms with Crippen LogP contribution in [0.25, 0.3) is 27.7 Å². The van der Waals surface area contributed by atoms with Gasteiger partial charge in [-0.15, -0.1) is 0 Å². The highest BCUT2D eigenvalue weighted by molar-refractivity contribution is 6.00. The normalized spacial score (nSPS) is 11.6. The van der Waals surface area contributed by atoms with Gasteiger partial charge in [0.15, 0.2) is 0 Å². The summed E-state index contributed by atoms with van der Waals surface area (Å²) in [5.74, 6) is 0.527. The number of carbonyl (C=O) groups is 1. The smallest absolute Gasteiger partial charge is 0.244 e. The molecule has 0 aliphatic carbocycles. The van der Waals surface area contributed by atoms with E-state index in [-0.39, 0.29) is 5.91 Å². The predicted octanol–water partition coefficient (Wildman–Crippen LogP) is 6.44. The van der Waals surface area contributed by atoms with E-state index in [9.17, 15) is 4.79 Å². The van der Waals surface area contributed by atoms with Crippen LogP contribution in [0, 0.1) is 13.8 Å². The zero-order valence-electron chi connectivity index (χ0n) is 18.9. The summed E-state index contributed by atoms with van der Waals surface area (Å²) in [7, 11) is 1.63. The second kappa shape index (κ2) is 9.15. The van der Waals surface area contributed by atoms with Crippen molar-refractivity contribution in [3.63, 3.8) is 0 Å². The number of nitrogens with one attached hydrogen (secondary N) is 1. The minimum atomic E-state index is -0.143. The zero-order chi connectivity index (χ0) is 22.7. The Morgan fingerprint density at radius 3 is 2.53 bits per heavy atom. The number of allylic oxidation sites excluding steroid dienone is 1. The van der Waals surface area contributed by atoms with Crippen LogP contribution in [0.1, 0.15) is 29.2 Å². The summed E-state index contributed by atoms with van der Waals surface area (Å²) in [5, 5.41) is 3.94. The second-order valence-corrected chi connectivity index (χ2v) is 8.05. The van der Waals surface area contributed by atoms with E-state index in [0.29, 0.717) is 12.3 Å². The molecule has 4 nitrogen and oxygen atoms in total. The van der Waals surface area contributed by atoms with E-state index in [2.05, 4.69) is 37.4 Å². The monoisotopic (exact) mass is 425 g/mol. The summed E-state index contributed by atoms with van der Waals surface area (Å²) >= 11 is 0. The maximum Gasteiger partial charge on any atom is 0.244 e. The Morgan fingerprint density at radius 1 is 1.03 bits per heavy atom. The number of methoxy groups -OCH3 is 1. The molecule has 0 aliphatic heterocycles. The molecule has 0 radical (unpaired) electrons. The molecule has 0 spiro atoms. The fourth-order valence-electron chi connectivity index (χ4n) is 3.97. The first-order chi connectivity index (χ1) is 15.5. The summed E-state index contributed by atoms with van der Waals surface area (Å²) in [4.78, 5) is 12.5. The topological polar surface area (TPSA) is 51.5 Å². The van der Waals surface area contributed by atoms with Gasteiger partial charge in [-0.3, -0.25) is 4.79 Å². The molecule has 0 atom stereocenters. The number of fused-ring (bicyclic) bond motifs is 1. The lowest BCUT2D eigenvalue weighted by molar-refractivity contribution is -0.116. The lowest BCUT2D eigenvalue weighted by Gasteiger charge is -2.11. The SMILES string of the molecule is COc1cc2occ(-c3ccc(C)cc3C)c2cc1/C(C)=C/C(=O)NCc1ccccc1. The molecule has 1 N–H and O–H groups in total. The van der Waals surface area contributed by atoms with E-state index in [1.807, 2.05) is 49.4 Å². The molecule has 32 heavy (non-hydrogen) atoms. The summed E-state index contributed by atoms with van der Waals surface area (Å²) in [6.07, 6.45) is 3.40. The fourth-order valence-corrected chi connectivity index (χ4v) is 3.97. The highest BCUT2D eigenvalue weighted by Crippen LogP contribution is 2.38. The molecule has 162 valence electrons. The first-order valence-electron chi connectivity index (χ1n) is 10.6. The average Bonchev–Trinajstić information content (AvgIpc) is 3.20. The standard InChI is InChI=1S/C28H27NO3/c1-18-10-11-22(19(2)12-18)25-17-32-27-15-26(31-4)23(14-24(25)27)20(3)13-28(30)29-16-21-8-6-5-7-9-21/h5-15,17H,16H2,1-4H3,(H,29,30)/b20-13+. The van der Waals surface area contributed by atoms with Gasteiger partial charge in [-0.2, -0.15) is 0 Å². The summed E-state index contributed by atoms with van der Waals surface area (Å²) in [6.45, 7) is 6.60. The fraction of sp³-hybridized carbons (Fsp3) is 0.179. The van der Waals surface area contributed by atoms with Crippen molar-refractivity contribution in [1.82, 2.24) is 5.32 Å². The molecule has 3 aromatic carbocycles. The number of hydrogen-bond acceptors (Lipinski definition) is 3. The van der Waals surface area contributed by atoms with Gasteiger partial charge in [-0.05, 0) is 49.1 Å². The Morgan fingerprint density at radius 2 is 1.81 bits per heavy atom. The molecule has 0 saturated heterocycles. The maximum absolute atomic E-state index is 12.5. The number of hydrogen-bond donors (Lipinski definition) is 1. The Balaban J connectivity index is 1.67. The molecular formula is C28H27NO3. The molecule has 1 heterocycles. The first kappa shape index (κ1) is 21.4. The molecule has 0 unspecified atom stereocenters. The van der Waals surface area contributed by atoms with Crippen molar-refractivity contribution in [3.8, 4) is 16.9 Å². The van der Waals surface area contributed by atoms with E-state index in [1.54, 1.807) is 19.4 Å². The summed E-state index contributed by atoms with van der Waals surface area (Å²) in [6, 6.07) is 20.2. The van der Waals surface area contributed by atoms with Crippen molar-refractivity contribution in [1.29, 1.82) is 0 Å². The van der Waals surface area contributed by atoms with E-state index in [4.69, 9.17) is 9.15 Å². The van der Waals surface area contributed by atoms with Gasteiger partial charge in [-0.25, -0.2) is 0 Å². The van der Waals surface area contributed by atoms with Crippen LogP contribution < -0.4 is 10.1 Å². The van der Waals surface area contributed by atoms with Gasteiger partial charge in [0.2, 0.25) is 5.91 Å². The summed E-state index contributed by atoms with van der Waals surface area (Å²) < 4.78 is 11.5. The molecule has 4 aromatic rings. The summed E-state index contributed by atoms with van der Waals surface area (Å²) in [5.41, 5.74) is 8.07. The lowest BCUT2D eigenvalue weighted by atomic mass is 9.96. The van der Waals surface area contributed by atoms with Crippen LogP contribution in [0.5, 0.6) is 5.75 Å². The van der Waals surface area contributed by atoms with E-state index < -0.39 is 0 Å². The lowest BCUT2D eigenvalue weighted by Crippen LogP contribution is -2.20. The van der Waals surface area contributed by atoms with Crippen molar-refractivity contribution in [2.24, 2.45) is 0 Å². The molecule has 0 aliphatic rings. The number of amides is 1. The first-order valence-corrected chi connectivity index (χ1v) is 10.6. The van der Waals surface area contributed by atoms with E-state index in [0.717, 1.165) is 38.8 Å². The minimum absolute atomic E-state index is 0.143. The number of benzene rings is 3. The van der Waals surface area contributed by atoms with Crippen molar-refractivity contribution >= 4 is 22.4 Å². The second-order valence-electron chi connectivity index (χ2n) is 8.05. The third-order valence-corrected chi connectivity index (χ3v) is 5.65. The Kier molecular flexibility index (Phi) is 6.13. The van der Waals surface area contributed by atoms with Crippen LogP contribution in [0.4, 0.5) is 0 Å². The molecule has 0 bridgehead atoms. The highest BCUT2D eigenvalue weighted by atomic mass is 16.5. The van der Waals surface area contributed by atoms with Crippen LogP contribution in [0.2, 0.25) is 0 Å². The third kappa shape index (κ3) is 4.45. The number of ether oxygens (including phenoxy) is 1. The van der Waals surface area contributed by atoms with Crippen molar-refractivity contribution < 1.29 is 13.9 Å². The maximum atomic E-state index is 12.5. The predicted molar refractivity (Wildman–Crippen MR) is 130 cm³/mol. The molecule has 1 amide bonds. The van der Waals surface area contributed by atoms with Crippen LogP contribution in [-0.2, 0) is 11.3 Å². The number of furan rings is 1. The molecule has 0 fully saturated rings. The van der Waals surface area contributed by atoms with Gasteiger partial charge in [-0.1, -0.05) is 54.1 Å². The molecular weight excluding hydrogens is 398 g/mol. The van der Waals surface area contributed by atoms with Crippen LogP contribution in [0.15, 0.2) is 77.4 Å². The van der Waals surface area contributed by atoms with Gasteiger partial charge in [0.05, 0.1) is 13.4 Å². The minimum Gasteiger partial charge on any atom is -0.496 e. The van der Waals surface area contributed by atoms with Gasteiger partial charge in [0, 0.05) is 35.2 Å². The van der Waals surface area contributed by atoms with Gasteiger partial charge in [0.1, 0.15) is 11.3 Å². The van der Waals surface area contributed by atoms with Crippen molar-refractivity contribution in [3.05, 3.63) is 95.3 Å². The third-order valence-electron chi connectivity index (χ3n) is 5.65. The molecule has 4 heteroatoms. The van der Waals surface area contributed by atoms with E-state index in [1.165, 1.54) is 11.1 Å². The van der Waals surface area contributed by atoms with Crippen molar-refractivity contribution in [2.45, 2.75) is 27.3 Å². The van der Waals surface area contributed by atoms with Crippen molar-refractivity contribution in [2.75, 3.05) is 7.11 Å². The van der Waals surface area contributed by atoms with Crippen LogP contribution >= 0.6 is 0 Å². The Hall–Kier alpha value is -3.79. The highest BCUT2D eigenvalue weighted by Gasteiger charge is 2.16.